The zero-order valence-corrected chi connectivity index (χ0v) is 13.5. The van der Waals surface area contributed by atoms with Crippen LogP contribution in [0.25, 0.3) is 0 Å². The average Bonchev–Trinajstić information content (AvgIpc) is 2.45. The lowest BCUT2D eigenvalue weighted by Crippen LogP contribution is -2.54. The number of hydrogen-bond donors (Lipinski definition) is 1. The molecule has 0 unspecified atom stereocenters. The van der Waals surface area contributed by atoms with Crippen LogP contribution in [0.1, 0.15) is 33.6 Å². The Morgan fingerprint density at radius 2 is 1.57 bits per heavy atom. The van der Waals surface area contributed by atoms with Gasteiger partial charge in [0.15, 0.2) is 6.29 Å². The highest BCUT2D eigenvalue weighted by Gasteiger charge is 2.41. The van der Waals surface area contributed by atoms with Gasteiger partial charge in [-0.05, 0) is 20.8 Å². The Labute approximate surface area is 126 Å². The number of methoxy groups -OCH3 is 2. The number of hydrogen-bond acceptors (Lipinski definition) is 6. The van der Waals surface area contributed by atoms with E-state index in [1.807, 2.05) is 20.8 Å². The Kier molecular flexibility index (Phi) is 5.99. The molecule has 21 heavy (non-hydrogen) atoms. The molecule has 2 aliphatic rings. The van der Waals surface area contributed by atoms with Crippen molar-refractivity contribution < 1.29 is 28.8 Å². The maximum Gasteiger partial charge on any atom is 0.161 e. The minimum Gasteiger partial charge on any atom is -0.388 e. The molecule has 0 amide bonds. The first-order chi connectivity index (χ1) is 9.96. The number of rotatable bonds is 4. The van der Waals surface area contributed by atoms with Crippen LogP contribution >= 0.6 is 0 Å². The van der Waals surface area contributed by atoms with Crippen LogP contribution in [0.5, 0.6) is 0 Å². The maximum atomic E-state index is 9.99. The second-order valence-corrected chi connectivity index (χ2v) is 6.03. The van der Waals surface area contributed by atoms with Gasteiger partial charge in [0.25, 0.3) is 0 Å². The molecule has 0 aromatic heterocycles. The molecule has 2 heterocycles. The van der Waals surface area contributed by atoms with E-state index >= 15 is 0 Å². The zero-order valence-electron chi connectivity index (χ0n) is 13.5. The summed E-state index contributed by atoms with van der Waals surface area (Å²) >= 11 is 0. The molecule has 1 N–H and O–H groups in total. The summed E-state index contributed by atoms with van der Waals surface area (Å²) in [6, 6.07) is 0. The fourth-order valence-electron chi connectivity index (χ4n) is 3.20. The van der Waals surface area contributed by atoms with E-state index in [9.17, 15) is 5.11 Å². The molecule has 0 aromatic rings. The highest BCUT2D eigenvalue weighted by atomic mass is 16.7. The van der Waals surface area contributed by atoms with Gasteiger partial charge in [0, 0.05) is 27.1 Å². The van der Waals surface area contributed by atoms with Crippen LogP contribution in [0.15, 0.2) is 0 Å². The van der Waals surface area contributed by atoms with Crippen molar-refractivity contribution in [2.24, 2.45) is 0 Å². The quantitative estimate of drug-likeness (QED) is 0.839. The lowest BCUT2D eigenvalue weighted by molar-refractivity contribution is -0.295. The largest absolute Gasteiger partial charge is 0.388 e. The van der Waals surface area contributed by atoms with E-state index in [0.29, 0.717) is 6.42 Å². The molecule has 2 fully saturated rings. The summed E-state index contributed by atoms with van der Waals surface area (Å²) < 4.78 is 28.5. The van der Waals surface area contributed by atoms with Gasteiger partial charge in [-0.2, -0.15) is 0 Å². The molecule has 0 saturated carbocycles. The molecular weight excluding hydrogens is 276 g/mol. The molecule has 0 aromatic carbocycles. The summed E-state index contributed by atoms with van der Waals surface area (Å²) in [5, 5.41) is 9.99. The Bertz CT molecular complexity index is 325. The van der Waals surface area contributed by atoms with Gasteiger partial charge in [-0.15, -0.1) is 0 Å². The summed E-state index contributed by atoms with van der Waals surface area (Å²) in [6.45, 7) is 5.85. The van der Waals surface area contributed by atoms with Crippen molar-refractivity contribution in [3.63, 3.8) is 0 Å². The van der Waals surface area contributed by atoms with Crippen LogP contribution in [-0.4, -0.2) is 68.3 Å². The predicted molar refractivity (Wildman–Crippen MR) is 76.1 cm³/mol. The Balaban J connectivity index is 1.99. The van der Waals surface area contributed by atoms with E-state index in [2.05, 4.69) is 0 Å². The smallest absolute Gasteiger partial charge is 0.161 e. The average molecular weight is 304 g/mol. The van der Waals surface area contributed by atoms with E-state index in [-0.39, 0.29) is 36.6 Å². The van der Waals surface area contributed by atoms with Gasteiger partial charge in [-0.3, -0.25) is 0 Å². The highest BCUT2D eigenvalue weighted by molar-refractivity contribution is 4.87. The molecular formula is C15H28O6. The molecule has 2 saturated heterocycles. The van der Waals surface area contributed by atoms with Crippen LogP contribution in [0, 0.1) is 0 Å². The van der Waals surface area contributed by atoms with Crippen molar-refractivity contribution in [1.82, 2.24) is 0 Å². The van der Waals surface area contributed by atoms with Crippen LogP contribution in [-0.2, 0) is 23.7 Å². The third-order valence-corrected chi connectivity index (χ3v) is 4.41. The van der Waals surface area contributed by atoms with Gasteiger partial charge in [0.1, 0.15) is 12.2 Å². The van der Waals surface area contributed by atoms with Gasteiger partial charge >= 0.3 is 0 Å². The van der Waals surface area contributed by atoms with Crippen LogP contribution in [0.2, 0.25) is 0 Å². The van der Waals surface area contributed by atoms with E-state index in [1.54, 1.807) is 14.2 Å². The van der Waals surface area contributed by atoms with Crippen molar-refractivity contribution in [1.29, 1.82) is 0 Å². The lowest BCUT2D eigenvalue weighted by atomic mass is 9.98. The molecule has 0 spiro atoms. The number of aliphatic hydroxyl groups is 1. The van der Waals surface area contributed by atoms with Gasteiger partial charge in [0.2, 0.25) is 0 Å². The normalized spacial score (nSPS) is 48.3. The zero-order chi connectivity index (χ0) is 15.6. The third-order valence-electron chi connectivity index (χ3n) is 4.41. The first-order valence-electron chi connectivity index (χ1n) is 7.66. The van der Waals surface area contributed by atoms with Crippen LogP contribution < -0.4 is 0 Å². The summed E-state index contributed by atoms with van der Waals surface area (Å²) in [5.41, 5.74) is 0. The fourth-order valence-corrected chi connectivity index (χ4v) is 3.20. The van der Waals surface area contributed by atoms with Gasteiger partial charge in [0.05, 0.1) is 30.5 Å². The molecule has 6 nitrogen and oxygen atoms in total. The van der Waals surface area contributed by atoms with Crippen LogP contribution in [0.4, 0.5) is 0 Å². The predicted octanol–water partition coefficient (Wildman–Crippen LogP) is 1.09. The highest BCUT2D eigenvalue weighted by Crippen LogP contribution is 2.29. The number of ether oxygens (including phenoxy) is 5. The summed E-state index contributed by atoms with van der Waals surface area (Å²) in [7, 11) is 3.28. The van der Waals surface area contributed by atoms with Crippen molar-refractivity contribution in [2.45, 2.75) is 82.6 Å². The first kappa shape index (κ1) is 17.1. The molecule has 6 heteroatoms. The standard InChI is InChI=1S/C15H28O6/c1-8-6-12(18-5)15(10(3)19-8)21-13-7-11(17-4)14(16)9(2)20-13/h8-16H,6-7H2,1-5H3/t8-,9-,10-,11-,12-,13-,14-,15-/m0/s1. The van der Waals surface area contributed by atoms with Crippen molar-refractivity contribution in [2.75, 3.05) is 14.2 Å². The molecule has 0 aliphatic carbocycles. The molecule has 124 valence electrons. The Hall–Kier alpha value is -0.240. The Morgan fingerprint density at radius 3 is 2.19 bits per heavy atom. The van der Waals surface area contributed by atoms with Crippen molar-refractivity contribution >= 4 is 0 Å². The van der Waals surface area contributed by atoms with Gasteiger partial charge in [-0.1, -0.05) is 0 Å². The molecule has 2 aliphatic heterocycles. The Morgan fingerprint density at radius 1 is 0.905 bits per heavy atom. The summed E-state index contributed by atoms with van der Waals surface area (Å²) in [5.74, 6) is 0. The van der Waals surface area contributed by atoms with Gasteiger partial charge in [-0.25, -0.2) is 0 Å². The molecule has 2 rings (SSSR count). The first-order valence-corrected chi connectivity index (χ1v) is 7.66. The molecule has 0 bridgehead atoms. The van der Waals surface area contributed by atoms with E-state index < -0.39 is 12.4 Å². The lowest BCUT2D eigenvalue weighted by Gasteiger charge is -2.43. The van der Waals surface area contributed by atoms with Crippen LogP contribution in [0.3, 0.4) is 0 Å². The third kappa shape index (κ3) is 3.94. The number of aliphatic hydroxyl groups excluding tert-OH is 1. The second kappa shape index (κ2) is 7.35. The SMILES string of the molecule is CO[C@H]1C[C@H](O[C@H]2[C@H](C)O[C@@H](C)C[C@@H]2OC)O[C@@H](C)[C@@H]1O. The summed E-state index contributed by atoms with van der Waals surface area (Å²) in [4.78, 5) is 0. The summed E-state index contributed by atoms with van der Waals surface area (Å²) in [6.07, 6.45) is -0.474. The van der Waals surface area contributed by atoms with Crippen molar-refractivity contribution in [3.05, 3.63) is 0 Å². The minimum atomic E-state index is -0.631. The van der Waals surface area contributed by atoms with E-state index in [4.69, 9.17) is 23.7 Å². The molecule has 8 atom stereocenters. The van der Waals surface area contributed by atoms with Gasteiger partial charge < -0.3 is 28.8 Å². The minimum absolute atomic E-state index is 0.0181. The topological polar surface area (TPSA) is 66.4 Å². The van der Waals surface area contributed by atoms with E-state index in [1.165, 1.54) is 0 Å². The monoisotopic (exact) mass is 304 g/mol. The van der Waals surface area contributed by atoms with Crippen molar-refractivity contribution in [3.8, 4) is 0 Å². The molecule has 0 radical (unpaired) electrons. The fraction of sp³-hybridized carbons (Fsp3) is 1.00. The van der Waals surface area contributed by atoms with E-state index in [0.717, 1.165) is 6.42 Å². The maximum absolute atomic E-state index is 9.99. The second-order valence-electron chi connectivity index (χ2n) is 6.03.